The lowest BCUT2D eigenvalue weighted by Gasteiger charge is -2.30. The first-order chi connectivity index (χ1) is 14.1. The molecule has 4 rings (SSSR count). The van der Waals surface area contributed by atoms with Crippen LogP contribution in [0.3, 0.4) is 0 Å². The van der Waals surface area contributed by atoms with Crippen LogP contribution in [0.15, 0.2) is 24.0 Å². The van der Waals surface area contributed by atoms with Gasteiger partial charge in [0, 0.05) is 18.6 Å². The van der Waals surface area contributed by atoms with Gasteiger partial charge in [-0.25, -0.2) is 22.1 Å². The summed E-state index contributed by atoms with van der Waals surface area (Å²) in [5, 5.41) is 1.86. The lowest BCUT2D eigenvalue weighted by molar-refractivity contribution is -0.136. The van der Waals surface area contributed by atoms with E-state index < -0.39 is 79.3 Å². The molecule has 5 atom stereocenters. The van der Waals surface area contributed by atoms with Crippen LogP contribution in [0.5, 0.6) is 0 Å². The third-order valence-corrected chi connectivity index (χ3v) is 6.29. The summed E-state index contributed by atoms with van der Waals surface area (Å²) in [5.41, 5.74) is -0.661. The zero-order valence-electron chi connectivity index (χ0n) is 15.0. The number of ether oxygens (including phenoxy) is 1. The Morgan fingerprint density at radius 3 is 2.50 bits per heavy atom. The van der Waals surface area contributed by atoms with E-state index in [0.717, 1.165) is 6.08 Å². The van der Waals surface area contributed by atoms with Crippen molar-refractivity contribution >= 4 is 19.6 Å². The number of imide groups is 1. The molecular formula is C17H14F4NO7P. The summed E-state index contributed by atoms with van der Waals surface area (Å²) >= 11 is 0. The molecule has 8 nitrogen and oxygen atoms in total. The van der Waals surface area contributed by atoms with E-state index in [0.29, 0.717) is 12.1 Å². The molecule has 1 aromatic carbocycles. The van der Waals surface area contributed by atoms with Crippen LogP contribution in [0, 0.1) is 23.4 Å². The van der Waals surface area contributed by atoms with Crippen molar-refractivity contribution in [2.24, 2.45) is 5.92 Å². The largest absolute Gasteiger partial charge is 0.475 e. The fourth-order valence-corrected chi connectivity index (χ4v) is 4.73. The second kappa shape index (κ2) is 7.86. The molecule has 1 aromatic rings. The lowest BCUT2D eigenvalue weighted by atomic mass is 9.95. The minimum Gasteiger partial charge on any atom is -0.369 e. The highest BCUT2D eigenvalue weighted by Gasteiger charge is 2.50. The number of carbonyl (C=O) groups excluding carboxylic acids is 2. The van der Waals surface area contributed by atoms with Crippen molar-refractivity contribution < 1.29 is 50.0 Å². The number of benzene rings is 1. The molecule has 30 heavy (non-hydrogen) atoms. The number of carbonyl (C=O) groups is 2. The Hall–Kier alpha value is -2.11. The first-order valence-electron chi connectivity index (χ1n) is 8.74. The quantitative estimate of drug-likeness (QED) is 0.427. The third-order valence-electron chi connectivity index (χ3n) is 4.85. The minimum atomic E-state index is -4.26. The van der Waals surface area contributed by atoms with Crippen molar-refractivity contribution in [1.29, 1.82) is 0 Å². The standard InChI is InChI=1S/C17H14F4NO7P/c18-7-1-10(19)9(11(20)2-7)5-26-30(25)27-6-15-14(29-30)4-13(28-15)8-3-12(21)17(24)22-16(8)23/h1-3,8,13-15H,4-6H2,(H,22,23,24)/t8?,13-,14+,15-,30+/m1/s1. The molecule has 162 valence electrons. The molecule has 0 aliphatic carbocycles. The van der Waals surface area contributed by atoms with E-state index in [1.165, 1.54) is 0 Å². The fraction of sp³-hybridized carbons (Fsp3) is 0.412. The summed E-state index contributed by atoms with van der Waals surface area (Å²) in [6, 6.07) is 0.886. The number of hydrogen-bond donors (Lipinski definition) is 1. The van der Waals surface area contributed by atoms with Crippen LogP contribution in [0.4, 0.5) is 17.6 Å². The summed E-state index contributed by atoms with van der Waals surface area (Å²) in [5.74, 6) is -7.74. The van der Waals surface area contributed by atoms with Crippen LogP contribution in [0.1, 0.15) is 12.0 Å². The molecule has 2 amide bonds. The van der Waals surface area contributed by atoms with Crippen LogP contribution < -0.4 is 5.32 Å². The van der Waals surface area contributed by atoms with E-state index in [-0.39, 0.29) is 13.0 Å². The van der Waals surface area contributed by atoms with Gasteiger partial charge in [-0.3, -0.25) is 28.5 Å². The molecule has 13 heteroatoms. The van der Waals surface area contributed by atoms with Gasteiger partial charge < -0.3 is 4.74 Å². The number of fused-ring (bicyclic) bond motifs is 1. The van der Waals surface area contributed by atoms with Gasteiger partial charge in [0.1, 0.15) is 29.7 Å². The lowest BCUT2D eigenvalue weighted by Crippen LogP contribution is -2.44. The van der Waals surface area contributed by atoms with Gasteiger partial charge in [0.2, 0.25) is 5.91 Å². The Labute approximate surface area is 166 Å². The Balaban J connectivity index is 1.42. The van der Waals surface area contributed by atoms with Gasteiger partial charge in [0.05, 0.1) is 30.8 Å². The Morgan fingerprint density at radius 2 is 1.80 bits per heavy atom. The van der Waals surface area contributed by atoms with Crippen molar-refractivity contribution in [2.75, 3.05) is 6.61 Å². The summed E-state index contributed by atoms with van der Waals surface area (Å²) in [4.78, 5) is 23.1. The molecule has 0 aromatic heterocycles. The fourth-order valence-electron chi connectivity index (χ4n) is 3.36. The van der Waals surface area contributed by atoms with Crippen LogP contribution in [0.25, 0.3) is 0 Å². The summed E-state index contributed by atoms with van der Waals surface area (Å²) in [6.07, 6.45) is -1.70. The number of hydrogen-bond acceptors (Lipinski definition) is 7. The van der Waals surface area contributed by atoms with E-state index >= 15 is 0 Å². The zero-order valence-corrected chi connectivity index (χ0v) is 15.9. The highest BCUT2D eigenvalue weighted by molar-refractivity contribution is 7.48. The highest BCUT2D eigenvalue weighted by atomic mass is 31.2. The minimum absolute atomic E-state index is 0.00327. The second-order valence-corrected chi connectivity index (χ2v) is 8.44. The average molecular weight is 451 g/mol. The SMILES string of the molecule is O=C1NC(=O)C([C@H]2C[C@@H]3O[P@@](=O)(OCc4c(F)cc(F)cc4F)OC[C@H]3O2)C=C1F. The molecule has 1 N–H and O–H groups in total. The maximum Gasteiger partial charge on any atom is 0.475 e. The van der Waals surface area contributed by atoms with Gasteiger partial charge >= 0.3 is 7.82 Å². The number of nitrogens with one attached hydrogen (secondary N) is 1. The number of amides is 2. The van der Waals surface area contributed by atoms with Crippen molar-refractivity contribution in [3.63, 3.8) is 0 Å². The molecular weight excluding hydrogens is 437 g/mol. The topological polar surface area (TPSA) is 100 Å². The molecule has 0 radical (unpaired) electrons. The summed E-state index contributed by atoms with van der Waals surface area (Å²) in [6.45, 7) is -1.13. The van der Waals surface area contributed by atoms with Gasteiger partial charge in [-0.1, -0.05) is 0 Å². The van der Waals surface area contributed by atoms with E-state index in [9.17, 15) is 31.7 Å². The first-order valence-corrected chi connectivity index (χ1v) is 10.2. The molecule has 3 aliphatic heterocycles. The molecule has 2 fully saturated rings. The third kappa shape index (κ3) is 4.06. The van der Waals surface area contributed by atoms with E-state index in [4.69, 9.17) is 18.3 Å². The highest BCUT2D eigenvalue weighted by Crippen LogP contribution is 2.56. The zero-order chi connectivity index (χ0) is 21.6. The molecule has 1 unspecified atom stereocenters. The van der Waals surface area contributed by atoms with Gasteiger partial charge in [-0.2, -0.15) is 0 Å². The summed E-state index contributed by atoms with van der Waals surface area (Å²) < 4.78 is 87.4. The monoisotopic (exact) mass is 451 g/mol. The van der Waals surface area contributed by atoms with Gasteiger partial charge in [0.15, 0.2) is 5.83 Å². The van der Waals surface area contributed by atoms with Gasteiger partial charge in [0.25, 0.3) is 5.91 Å². The average Bonchev–Trinajstić information content (AvgIpc) is 3.06. The van der Waals surface area contributed by atoms with Crippen molar-refractivity contribution in [1.82, 2.24) is 5.32 Å². The van der Waals surface area contributed by atoms with Crippen LogP contribution in [-0.2, 0) is 39.1 Å². The molecule has 3 heterocycles. The maximum atomic E-state index is 13.7. The molecule has 0 bridgehead atoms. The molecule has 3 aliphatic rings. The van der Waals surface area contributed by atoms with Gasteiger partial charge in [-0.15, -0.1) is 0 Å². The number of phosphoric ester groups is 1. The maximum absolute atomic E-state index is 13.7. The predicted molar refractivity (Wildman–Crippen MR) is 88.6 cm³/mol. The van der Waals surface area contributed by atoms with Crippen molar-refractivity contribution in [2.45, 2.75) is 31.3 Å². The second-order valence-electron chi connectivity index (χ2n) is 6.82. The first kappa shape index (κ1) is 21.1. The van der Waals surface area contributed by atoms with Crippen molar-refractivity contribution in [3.05, 3.63) is 47.1 Å². The van der Waals surface area contributed by atoms with Crippen LogP contribution >= 0.6 is 7.82 Å². The smallest absolute Gasteiger partial charge is 0.369 e. The predicted octanol–water partition coefficient (Wildman–Crippen LogP) is 2.43. The van der Waals surface area contributed by atoms with Crippen LogP contribution in [0.2, 0.25) is 0 Å². The normalized spacial score (nSPS) is 33.8. The molecule has 0 saturated carbocycles. The summed E-state index contributed by atoms with van der Waals surface area (Å²) in [7, 11) is -4.26. The Morgan fingerprint density at radius 1 is 1.10 bits per heavy atom. The van der Waals surface area contributed by atoms with E-state index in [2.05, 4.69) is 0 Å². The Kier molecular flexibility index (Phi) is 5.54. The van der Waals surface area contributed by atoms with Gasteiger partial charge in [-0.05, 0) is 6.08 Å². The Bertz CT molecular complexity index is 964. The molecule has 2 saturated heterocycles. The van der Waals surface area contributed by atoms with Crippen molar-refractivity contribution in [3.8, 4) is 0 Å². The number of rotatable bonds is 4. The number of phosphoric acid groups is 1. The number of halogens is 4. The molecule has 0 spiro atoms. The van der Waals surface area contributed by atoms with E-state index in [1.54, 1.807) is 0 Å². The van der Waals surface area contributed by atoms with Crippen LogP contribution in [-0.4, -0.2) is 36.7 Å². The van der Waals surface area contributed by atoms with E-state index in [1.807, 2.05) is 5.32 Å².